The summed E-state index contributed by atoms with van der Waals surface area (Å²) in [5.41, 5.74) is 9.47. The molecule has 1 heterocycles. The third kappa shape index (κ3) is 4.56. The van der Waals surface area contributed by atoms with Gasteiger partial charge in [0.15, 0.2) is 0 Å². The maximum atomic E-state index is 4.68. The average molecular weight is 355 g/mol. The van der Waals surface area contributed by atoms with Crippen molar-refractivity contribution in [3.05, 3.63) is 87.7 Å². The number of para-hydroxylation sites is 2. The molecular weight excluding hydrogens is 330 g/mol. The number of hydrogen-bond acceptors (Lipinski definition) is 3. The number of aromatic nitrogens is 1. The van der Waals surface area contributed by atoms with Gasteiger partial charge in [-0.05, 0) is 74.6 Å². The van der Waals surface area contributed by atoms with Crippen LogP contribution < -0.4 is 0 Å². The Hall–Kier alpha value is -3.07. The van der Waals surface area contributed by atoms with Crippen LogP contribution in [0.15, 0.2) is 58.5 Å². The zero-order valence-corrected chi connectivity index (χ0v) is 16.6. The van der Waals surface area contributed by atoms with Crippen LogP contribution in [0, 0.1) is 34.6 Å². The molecular formula is C24H25N3. The van der Waals surface area contributed by atoms with Gasteiger partial charge in [0.1, 0.15) is 0 Å². The Kier molecular flexibility index (Phi) is 5.60. The Morgan fingerprint density at radius 3 is 1.37 bits per heavy atom. The van der Waals surface area contributed by atoms with Gasteiger partial charge in [-0.1, -0.05) is 36.4 Å². The summed E-state index contributed by atoms with van der Waals surface area (Å²) in [6.45, 7) is 10.4. The largest absolute Gasteiger partial charge is 0.254 e. The molecule has 3 nitrogen and oxygen atoms in total. The minimum absolute atomic E-state index is 0.834. The maximum absolute atomic E-state index is 4.68. The first-order valence-electron chi connectivity index (χ1n) is 9.13. The fourth-order valence-corrected chi connectivity index (χ4v) is 3.13. The molecule has 0 N–H and O–H groups in total. The SMILES string of the molecule is Cc1cc(/C=N/c2c(C)cccc2C)nc(/C=N/c2c(C)cccc2C)c1. The van der Waals surface area contributed by atoms with Crippen LogP contribution in [0.3, 0.4) is 0 Å². The second-order valence-corrected chi connectivity index (χ2v) is 6.99. The van der Waals surface area contributed by atoms with Gasteiger partial charge in [0.2, 0.25) is 0 Å². The molecule has 0 aliphatic rings. The number of hydrogen-bond donors (Lipinski definition) is 0. The molecule has 0 saturated carbocycles. The van der Waals surface area contributed by atoms with E-state index in [1.807, 2.05) is 24.6 Å². The Labute approximate surface area is 161 Å². The van der Waals surface area contributed by atoms with E-state index in [0.717, 1.165) is 50.6 Å². The molecule has 3 rings (SSSR count). The van der Waals surface area contributed by atoms with Crippen LogP contribution in [0.25, 0.3) is 0 Å². The molecule has 0 aliphatic carbocycles. The van der Waals surface area contributed by atoms with E-state index in [4.69, 9.17) is 0 Å². The van der Waals surface area contributed by atoms with Crippen molar-refractivity contribution in [1.29, 1.82) is 0 Å². The van der Waals surface area contributed by atoms with E-state index in [-0.39, 0.29) is 0 Å². The minimum atomic E-state index is 0.834. The zero-order chi connectivity index (χ0) is 19.4. The lowest BCUT2D eigenvalue weighted by Gasteiger charge is -2.05. The van der Waals surface area contributed by atoms with Gasteiger partial charge in [0.05, 0.1) is 35.2 Å². The highest BCUT2D eigenvalue weighted by Gasteiger charge is 2.02. The van der Waals surface area contributed by atoms with E-state index in [9.17, 15) is 0 Å². The monoisotopic (exact) mass is 355 g/mol. The highest BCUT2D eigenvalue weighted by atomic mass is 14.8. The van der Waals surface area contributed by atoms with Crippen molar-refractivity contribution in [1.82, 2.24) is 4.98 Å². The highest BCUT2D eigenvalue weighted by Crippen LogP contribution is 2.24. The van der Waals surface area contributed by atoms with Crippen molar-refractivity contribution >= 4 is 23.8 Å². The van der Waals surface area contributed by atoms with Crippen molar-refractivity contribution < 1.29 is 0 Å². The van der Waals surface area contributed by atoms with Crippen LogP contribution in [-0.4, -0.2) is 17.4 Å². The molecule has 0 atom stereocenters. The third-order valence-electron chi connectivity index (χ3n) is 4.54. The number of rotatable bonds is 4. The van der Waals surface area contributed by atoms with Gasteiger partial charge in [-0.15, -0.1) is 0 Å². The summed E-state index contributed by atoms with van der Waals surface area (Å²) < 4.78 is 0. The molecule has 0 bridgehead atoms. The number of benzene rings is 2. The summed E-state index contributed by atoms with van der Waals surface area (Å²) >= 11 is 0. The van der Waals surface area contributed by atoms with Crippen molar-refractivity contribution in [2.24, 2.45) is 9.98 Å². The van der Waals surface area contributed by atoms with Crippen molar-refractivity contribution in [3.8, 4) is 0 Å². The number of pyridine rings is 1. The van der Waals surface area contributed by atoms with Gasteiger partial charge in [-0.25, -0.2) is 4.98 Å². The van der Waals surface area contributed by atoms with Gasteiger partial charge in [-0.2, -0.15) is 0 Å². The highest BCUT2D eigenvalue weighted by molar-refractivity contribution is 5.85. The van der Waals surface area contributed by atoms with Crippen molar-refractivity contribution in [2.45, 2.75) is 34.6 Å². The fourth-order valence-electron chi connectivity index (χ4n) is 3.13. The Morgan fingerprint density at radius 1 is 0.630 bits per heavy atom. The molecule has 27 heavy (non-hydrogen) atoms. The lowest BCUT2D eigenvalue weighted by molar-refractivity contribution is 1.23. The Bertz CT molecular complexity index is 910. The fraction of sp³-hybridized carbons (Fsp3) is 0.208. The average Bonchev–Trinajstić information content (AvgIpc) is 2.60. The molecule has 0 saturated heterocycles. The van der Waals surface area contributed by atoms with Crippen molar-refractivity contribution in [3.63, 3.8) is 0 Å². The predicted octanol–water partition coefficient (Wildman–Crippen LogP) is 6.12. The van der Waals surface area contributed by atoms with Gasteiger partial charge < -0.3 is 0 Å². The van der Waals surface area contributed by atoms with Gasteiger partial charge in [0, 0.05) is 0 Å². The lowest BCUT2D eigenvalue weighted by atomic mass is 10.1. The van der Waals surface area contributed by atoms with Gasteiger partial charge in [-0.3, -0.25) is 9.98 Å². The van der Waals surface area contributed by atoms with E-state index >= 15 is 0 Å². The lowest BCUT2D eigenvalue weighted by Crippen LogP contribution is -1.96. The van der Waals surface area contributed by atoms with E-state index in [1.54, 1.807) is 0 Å². The summed E-state index contributed by atoms with van der Waals surface area (Å²) in [6.07, 6.45) is 3.66. The maximum Gasteiger partial charge on any atom is 0.0823 e. The summed E-state index contributed by atoms with van der Waals surface area (Å²) in [6, 6.07) is 16.5. The normalized spacial score (nSPS) is 11.6. The van der Waals surface area contributed by atoms with E-state index in [0.29, 0.717) is 0 Å². The number of aryl methyl sites for hydroxylation is 5. The topological polar surface area (TPSA) is 37.6 Å². The molecule has 1 aromatic heterocycles. The summed E-state index contributed by atoms with van der Waals surface area (Å²) in [5, 5.41) is 0. The van der Waals surface area contributed by atoms with Crippen molar-refractivity contribution in [2.75, 3.05) is 0 Å². The molecule has 3 heteroatoms. The van der Waals surface area contributed by atoms with Crippen LogP contribution in [0.5, 0.6) is 0 Å². The first-order chi connectivity index (χ1) is 12.9. The smallest absolute Gasteiger partial charge is 0.0823 e. The summed E-state index contributed by atoms with van der Waals surface area (Å²) in [4.78, 5) is 14.0. The second-order valence-electron chi connectivity index (χ2n) is 6.99. The Balaban J connectivity index is 1.91. The molecule has 0 spiro atoms. The Morgan fingerprint density at radius 2 is 1.00 bits per heavy atom. The summed E-state index contributed by atoms with van der Waals surface area (Å²) in [5.74, 6) is 0. The van der Waals surface area contributed by atoms with Crippen LogP contribution in [-0.2, 0) is 0 Å². The van der Waals surface area contributed by atoms with Crippen LogP contribution in [0.2, 0.25) is 0 Å². The summed E-state index contributed by atoms with van der Waals surface area (Å²) in [7, 11) is 0. The molecule has 3 aromatic rings. The number of aliphatic imine (C=N–C) groups is 2. The molecule has 0 amide bonds. The first-order valence-corrected chi connectivity index (χ1v) is 9.13. The standard InChI is InChI=1S/C24H25N3/c1-16-12-21(14-25-23-17(2)8-6-9-18(23)3)27-22(13-16)15-26-24-19(4)10-7-11-20(24)5/h6-15H,1-5H3/b25-14+,26-15+. The first kappa shape index (κ1) is 18.7. The van der Waals surface area contributed by atoms with Crippen LogP contribution in [0.1, 0.15) is 39.2 Å². The molecule has 0 fully saturated rings. The van der Waals surface area contributed by atoms with Gasteiger partial charge in [0.25, 0.3) is 0 Å². The van der Waals surface area contributed by atoms with Gasteiger partial charge >= 0.3 is 0 Å². The third-order valence-corrected chi connectivity index (χ3v) is 4.54. The molecule has 2 aromatic carbocycles. The zero-order valence-electron chi connectivity index (χ0n) is 16.6. The quantitative estimate of drug-likeness (QED) is 0.519. The number of nitrogens with zero attached hydrogens (tertiary/aromatic N) is 3. The predicted molar refractivity (Wildman–Crippen MR) is 115 cm³/mol. The molecule has 0 unspecified atom stereocenters. The second kappa shape index (κ2) is 8.09. The van der Waals surface area contributed by atoms with Crippen LogP contribution in [0.4, 0.5) is 11.4 Å². The van der Waals surface area contributed by atoms with E-state index < -0.39 is 0 Å². The van der Waals surface area contributed by atoms with Crippen LogP contribution >= 0.6 is 0 Å². The minimum Gasteiger partial charge on any atom is -0.254 e. The molecule has 136 valence electrons. The molecule has 0 radical (unpaired) electrons. The van der Waals surface area contributed by atoms with E-state index in [2.05, 4.69) is 86.0 Å². The molecule has 0 aliphatic heterocycles. The van der Waals surface area contributed by atoms with E-state index in [1.165, 1.54) is 0 Å².